The zero-order chi connectivity index (χ0) is 17.8. The zero-order valence-electron chi connectivity index (χ0n) is 14.3. The first kappa shape index (κ1) is 15.6. The molecule has 0 amide bonds. The molecule has 0 aliphatic heterocycles. The van der Waals surface area contributed by atoms with Gasteiger partial charge in [-0.1, -0.05) is 39.7 Å². The molecule has 2 aromatic carbocycles. The van der Waals surface area contributed by atoms with Crippen LogP contribution in [0.25, 0.3) is 33.5 Å². The van der Waals surface area contributed by atoms with Crippen molar-refractivity contribution in [3.05, 3.63) is 63.6 Å². The first-order valence-corrected chi connectivity index (χ1v) is 9.43. The van der Waals surface area contributed by atoms with Gasteiger partial charge in [-0.25, -0.2) is 9.97 Å². The number of rotatable bonds is 1. The molecule has 3 N–H and O–H groups in total. The van der Waals surface area contributed by atoms with Gasteiger partial charge in [-0.05, 0) is 49.6 Å². The van der Waals surface area contributed by atoms with E-state index in [1.54, 1.807) is 0 Å². The Bertz CT molecular complexity index is 1160. The van der Waals surface area contributed by atoms with Crippen LogP contribution in [-0.4, -0.2) is 15.0 Å². The maximum absolute atomic E-state index is 6.08. The van der Waals surface area contributed by atoms with Crippen molar-refractivity contribution in [2.45, 2.75) is 19.8 Å². The minimum Gasteiger partial charge on any atom is -0.368 e. The minimum absolute atomic E-state index is 0.310. The molecule has 0 spiro atoms. The Morgan fingerprint density at radius 2 is 1.69 bits per heavy atom. The highest BCUT2D eigenvalue weighted by atomic mass is 79.9. The third kappa shape index (κ3) is 2.35. The van der Waals surface area contributed by atoms with Gasteiger partial charge in [0.15, 0.2) is 0 Å². The van der Waals surface area contributed by atoms with Gasteiger partial charge in [0.05, 0.1) is 17.1 Å². The van der Waals surface area contributed by atoms with Gasteiger partial charge in [0.1, 0.15) is 0 Å². The quantitative estimate of drug-likeness (QED) is 0.466. The normalized spacial score (nSPS) is 12.8. The molecule has 26 heavy (non-hydrogen) atoms. The molecule has 2 heterocycles. The van der Waals surface area contributed by atoms with Gasteiger partial charge in [0.2, 0.25) is 5.95 Å². The number of aromatic nitrogens is 3. The molecule has 5 heteroatoms. The van der Waals surface area contributed by atoms with Gasteiger partial charge in [-0.15, -0.1) is 0 Å². The molecule has 2 aromatic heterocycles. The molecule has 0 saturated carbocycles. The second-order valence-electron chi connectivity index (χ2n) is 6.79. The zero-order valence-corrected chi connectivity index (χ0v) is 15.9. The van der Waals surface area contributed by atoms with Crippen molar-refractivity contribution in [1.29, 1.82) is 0 Å². The summed E-state index contributed by atoms with van der Waals surface area (Å²) in [5, 5.41) is 1.29. The van der Waals surface area contributed by atoms with Crippen molar-refractivity contribution in [1.82, 2.24) is 15.0 Å². The minimum atomic E-state index is 0.310. The number of nitrogen functional groups attached to an aromatic ring is 1. The molecule has 128 valence electrons. The van der Waals surface area contributed by atoms with Crippen molar-refractivity contribution in [2.75, 3.05) is 5.73 Å². The molecular weight excluding hydrogens is 388 g/mol. The maximum atomic E-state index is 6.08. The first-order valence-electron chi connectivity index (χ1n) is 8.64. The number of aromatic amines is 1. The second-order valence-corrected chi connectivity index (χ2v) is 7.71. The summed E-state index contributed by atoms with van der Waals surface area (Å²) in [7, 11) is 0. The predicted octanol–water partition coefficient (Wildman–Crippen LogP) is 5.04. The van der Waals surface area contributed by atoms with E-state index in [4.69, 9.17) is 5.73 Å². The Kier molecular flexibility index (Phi) is 3.40. The topological polar surface area (TPSA) is 67.6 Å². The summed E-state index contributed by atoms with van der Waals surface area (Å²) in [6.45, 7) is 2.13. The van der Waals surface area contributed by atoms with Crippen LogP contribution in [0.1, 0.15) is 16.7 Å². The third-order valence-electron chi connectivity index (χ3n) is 5.07. The van der Waals surface area contributed by atoms with Crippen LogP contribution in [-0.2, 0) is 12.8 Å². The lowest BCUT2D eigenvalue weighted by Crippen LogP contribution is -2.10. The number of nitrogens with two attached hydrogens (primary N) is 1. The first-order chi connectivity index (χ1) is 12.6. The summed E-state index contributed by atoms with van der Waals surface area (Å²) in [6.07, 6.45) is 1.89. The largest absolute Gasteiger partial charge is 0.368 e. The number of benzene rings is 2. The van der Waals surface area contributed by atoms with Crippen LogP contribution in [0.4, 0.5) is 5.95 Å². The summed E-state index contributed by atoms with van der Waals surface area (Å²) >= 11 is 3.49. The molecule has 1 aliphatic rings. The van der Waals surface area contributed by atoms with E-state index in [1.807, 2.05) is 12.1 Å². The Balaban J connectivity index is 1.77. The predicted molar refractivity (Wildman–Crippen MR) is 109 cm³/mol. The Morgan fingerprint density at radius 1 is 0.962 bits per heavy atom. The fourth-order valence-electron chi connectivity index (χ4n) is 3.86. The van der Waals surface area contributed by atoms with Gasteiger partial charge in [-0.3, -0.25) is 0 Å². The average Bonchev–Trinajstić information content (AvgIpc) is 3.00. The van der Waals surface area contributed by atoms with E-state index in [0.717, 1.165) is 51.0 Å². The number of halogens is 1. The van der Waals surface area contributed by atoms with Crippen LogP contribution in [0.5, 0.6) is 0 Å². The number of H-pyrrole nitrogens is 1. The molecule has 0 radical (unpaired) electrons. The molecule has 4 aromatic rings. The highest BCUT2D eigenvalue weighted by molar-refractivity contribution is 9.10. The van der Waals surface area contributed by atoms with Crippen molar-refractivity contribution in [3.8, 4) is 22.6 Å². The molecule has 5 rings (SSSR count). The standard InChI is InChI=1S/C21H17BrN4/c1-11-2-9-17-16(10-11)14-7-8-15-18(12-3-5-13(22)6-4-12)25-21(23)26-20(15)19(14)24-17/h2-6,9-10,24H,7-8H2,1H3,(H2,23,25,26). The fourth-order valence-corrected chi connectivity index (χ4v) is 4.13. The SMILES string of the molecule is Cc1ccc2[nH]c3c(c2c1)CCc1c(-c2ccc(Br)cc2)nc(N)nc1-3. The number of aryl methyl sites for hydroxylation is 2. The van der Waals surface area contributed by atoms with E-state index in [2.05, 4.69) is 68.1 Å². The van der Waals surface area contributed by atoms with E-state index < -0.39 is 0 Å². The smallest absolute Gasteiger partial charge is 0.221 e. The van der Waals surface area contributed by atoms with Gasteiger partial charge in [0.25, 0.3) is 0 Å². The Morgan fingerprint density at radius 3 is 2.50 bits per heavy atom. The molecule has 0 saturated heterocycles. The van der Waals surface area contributed by atoms with E-state index in [0.29, 0.717) is 5.95 Å². The molecule has 0 bridgehead atoms. The number of hydrogen-bond acceptors (Lipinski definition) is 3. The number of fused-ring (bicyclic) bond motifs is 5. The molecule has 4 nitrogen and oxygen atoms in total. The average molecular weight is 405 g/mol. The van der Waals surface area contributed by atoms with E-state index >= 15 is 0 Å². The molecule has 0 fully saturated rings. The van der Waals surface area contributed by atoms with Crippen LogP contribution >= 0.6 is 15.9 Å². The van der Waals surface area contributed by atoms with Crippen LogP contribution in [0.15, 0.2) is 46.9 Å². The lowest BCUT2D eigenvalue weighted by Gasteiger charge is -2.19. The fraction of sp³-hybridized carbons (Fsp3) is 0.143. The molecule has 0 unspecified atom stereocenters. The van der Waals surface area contributed by atoms with Crippen molar-refractivity contribution in [3.63, 3.8) is 0 Å². The summed E-state index contributed by atoms with van der Waals surface area (Å²) in [6, 6.07) is 14.7. The number of anilines is 1. The lowest BCUT2D eigenvalue weighted by molar-refractivity contribution is 0.921. The molecule has 0 atom stereocenters. The maximum Gasteiger partial charge on any atom is 0.221 e. The van der Waals surface area contributed by atoms with Gasteiger partial charge < -0.3 is 10.7 Å². The van der Waals surface area contributed by atoms with Crippen molar-refractivity contribution >= 4 is 32.8 Å². The summed E-state index contributed by atoms with van der Waals surface area (Å²) in [5.74, 6) is 0.310. The van der Waals surface area contributed by atoms with Crippen molar-refractivity contribution < 1.29 is 0 Å². The van der Waals surface area contributed by atoms with Crippen LogP contribution < -0.4 is 5.73 Å². The van der Waals surface area contributed by atoms with Crippen molar-refractivity contribution in [2.24, 2.45) is 0 Å². The van der Waals surface area contributed by atoms with Crippen LogP contribution in [0.2, 0.25) is 0 Å². The van der Waals surface area contributed by atoms with E-state index in [-0.39, 0.29) is 0 Å². The van der Waals surface area contributed by atoms with Gasteiger partial charge in [0, 0.05) is 26.5 Å². The number of nitrogens with zero attached hydrogens (tertiary/aromatic N) is 2. The highest BCUT2D eigenvalue weighted by Crippen LogP contribution is 2.40. The Labute approximate surface area is 159 Å². The van der Waals surface area contributed by atoms with Gasteiger partial charge in [-0.2, -0.15) is 0 Å². The third-order valence-corrected chi connectivity index (χ3v) is 5.59. The molecular formula is C21H17BrN4. The Hall–Kier alpha value is -2.66. The second kappa shape index (κ2) is 5.68. The number of nitrogens with one attached hydrogen (secondary N) is 1. The molecule has 1 aliphatic carbocycles. The summed E-state index contributed by atoms with van der Waals surface area (Å²) in [4.78, 5) is 12.7. The van der Waals surface area contributed by atoms with Gasteiger partial charge >= 0.3 is 0 Å². The van der Waals surface area contributed by atoms with E-state index in [9.17, 15) is 0 Å². The van der Waals surface area contributed by atoms with E-state index in [1.165, 1.54) is 16.5 Å². The van der Waals surface area contributed by atoms with Crippen LogP contribution in [0, 0.1) is 6.92 Å². The summed E-state index contributed by atoms with van der Waals surface area (Å²) < 4.78 is 1.05. The number of hydrogen-bond donors (Lipinski definition) is 2. The summed E-state index contributed by atoms with van der Waals surface area (Å²) in [5.41, 5.74) is 15.0. The highest BCUT2D eigenvalue weighted by Gasteiger charge is 2.26. The van der Waals surface area contributed by atoms with Crippen LogP contribution in [0.3, 0.4) is 0 Å². The monoisotopic (exact) mass is 404 g/mol. The lowest BCUT2D eigenvalue weighted by atomic mass is 9.89.